The number of urea groups is 1. The van der Waals surface area contributed by atoms with Gasteiger partial charge >= 0.3 is 12.0 Å². The fourth-order valence-electron chi connectivity index (χ4n) is 4.42. The number of nitrogens with one attached hydrogen (secondary N) is 1. The minimum Gasteiger partial charge on any atom is -0.466 e. The van der Waals surface area contributed by atoms with E-state index in [0.29, 0.717) is 45.0 Å². The van der Waals surface area contributed by atoms with Gasteiger partial charge in [0.25, 0.3) is 5.91 Å². The smallest absolute Gasteiger partial charge is 0.318 e. The number of nitrogens with zero attached hydrogens (tertiary/aromatic N) is 4. The standard InChI is InChI=1S/C24H31N5O5/c1-3-34-21(30)15-19(17-7-5-4-6-8-17)25-24(32)29-10-9-20-18(16-29)22(26-27(20)2)23(31)28-11-13-33-14-12-28/h4-8,19H,3,9-16H2,1-2H3,(H,25,32)/t19-/m0/s1. The van der Waals surface area contributed by atoms with E-state index in [-0.39, 0.29) is 37.5 Å². The van der Waals surface area contributed by atoms with Gasteiger partial charge in [0.15, 0.2) is 5.69 Å². The van der Waals surface area contributed by atoms with Crippen molar-refractivity contribution in [2.24, 2.45) is 7.05 Å². The SMILES string of the molecule is CCOC(=O)C[C@H](NC(=O)N1CCc2c(c(C(=O)N3CCOCC3)nn2C)C1)c1ccccc1. The normalized spacial score (nSPS) is 16.5. The van der Waals surface area contributed by atoms with Gasteiger partial charge in [0.1, 0.15) is 0 Å². The third-order valence-electron chi connectivity index (χ3n) is 6.21. The first-order chi connectivity index (χ1) is 16.5. The number of esters is 1. The summed E-state index contributed by atoms with van der Waals surface area (Å²) in [6.07, 6.45) is 0.632. The van der Waals surface area contributed by atoms with Gasteiger partial charge in [0.2, 0.25) is 0 Å². The van der Waals surface area contributed by atoms with Crippen molar-refractivity contribution in [3.63, 3.8) is 0 Å². The van der Waals surface area contributed by atoms with Crippen molar-refractivity contribution in [3.05, 3.63) is 52.8 Å². The Morgan fingerprint density at radius 1 is 1.12 bits per heavy atom. The molecule has 0 aliphatic carbocycles. The number of carbonyl (C=O) groups excluding carboxylic acids is 3. The Bertz CT molecular complexity index is 1030. The molecule has 2 aliphatic rings. The van der Waals surface area contributed by atoms with E-state index in [0.717, 1.165) is 16.8 Å². The van der Waals surface area contributed by atoms with E-state index in [1.165, 1.54) is 0 Å². The lowest BCUT2D eigenvalue weighted by Crippen LogP contribution is -2.45. The molecule has 182 valence electrons. The van der Waals surface area contributed by atoms with E-state index >= 15 is 0 Å². The third kappa shape index (κ3) is 5.22. The number of rotatable bonds is 6. The second kappa shape index (κ2) is 10.7. The van der Waals surface area contributed by atoms with Gasteiger partial charge in [-0.05, 0) is 12.5 Å². The fraction of sp³-hybridized carbons (Fsp3) is 0.500. The predicted octanol–water partition coefficient (Wildman–Crippen LogP) is 1.65. The van der Waals surface area contributed by atoms with Crippen LogP contribution in [0.5, 0.6) is 0 Å². The minimum absolute atomic E-state index is 0.0380. The Kier molecular flexibility index (Phi) is 7.46. The Labute approximate surface area is 198 Å². The summed E-state index contributed by atoms with van der Waals surface area (Å²) < 4.78 is 12.2. The highest BCUT2D eigenvalue weighted by Gasteiger charge is 2.32. The number of morpholine rings is 1. The van der Waals surface area contributed by atoms with Crippen molar-refractivity contribution in [3.8, 4) is 0 Å². The van der Waals surface area contributed by atoms with Gasteiger partial charge in [0.05, 0.1) is 38.8 Å². The van der Waals surface area contributed by atoms with Crippen LogP contribution in [-0.4, -0.2) is 76.9 Å². The van der Waals surface area contributed by atoms with Gasteiger partial charge in [0, 0.05) is 44.4 Å². The molecule has 0 spiro atoms. The lowest BCUT2D eigenvalue weighted by molar-refractivity contribution is -0.143. The summed E-state index contributed by atoms with van der Waals surface area (Å²) in [5, 5.41) is 7.48. The molecule has 0 radical (unpaired) electrons. The zero-order chi connectivity index (χ0) is 24.1. The van der Waals surface area contributed by atoms with Gasteiger partial charge in [-0.1, -0.05) is 30.3 Å². The maximum absolute atomic E-state index is 13.2. The number of ether oxygens (including phenoxy) is 2. The van der Waals surface area contributed by atoms with Crippen molar-refractivity contribution < 1.29 is 23.9 Å². The topological polar surface area (TPSA) is 106 Å². The van der Waals surface area contributed by atoms with E-state index in [1.54, 1.807) is 21.4 Å². The molecule has 2 aliphatic heterocycles. The van der Waals surface area contributed by atoms with Crippen LogP contribution in [0, 0.1) is 0 Å². The van der Waals surface area contributed by atoms with Crippen LogP contribution in [0.3, 0.4) is 0 Å². The van der Waals surface area contributed by atoms with Crippen LogP contribution < -0.4 is 5.32 Å². The third-order valence-corrected chi connectivity index (χ3v) is 6.21. The number of amides is 3. The van der Waals surface area contributed by atoms with E-state index in [4.69, 9.17) is 9.47 Å². The Morgan fingerprint density at radius 2 is 1.85 bits per heavy atom. The van der Waals surface area contributed by atoms with Crippen LogP contribution in [0.2, 0.25) is 0 Å². The molecule has 1 fully saturated rings. The average Bonchev–Trinajstić information content (AvgIpc) is 3.20. The summed E-state index contributed by atoms with van der Waals surface area (Å²) in [7, 11) is 1.83. The highest BCUT2D eigenvalue weighted by molar-refractivity contribution is 5.94. The largest absolute Gasteiger partial charge is 0.466 e. The van der Waals surface area contributed by atoms with Crippen LogP contribution in [0.4, 0.5) is 4.79 Å². The molecule has 1 saturated heterocycles. The van der Waals surface area contributed by atoms with Gasteiger partial charge in [-0.2, -0.15) is 5.10 Å². The maximum Gasteiger partial charge on any atom is 0.318 e. The lowest BCUT2D eigenvalue weighted by Gasteiger charge is -2.30. The molecule has 1 atom stereocenters. The molecule has 3 amide bonds. The van der Waals surface area contributed by atoms with Crippen LogP contribution in [0.1, 0.15) is 46.7 Å². The second-order valence-electron chi connectivity index (χ2n) is 8.40. The summed E-state index contributed by atoms with van der Waals surface area (Å²) in [4.78, 5) is 42.0. The zero-order valence-corrected chi connectivity index (χ0v) is 19.7. The summed E-state index contributed by atoms with van der Waals surface area (Å²) in [5.74, 6) is -0.505. The summed E-state index contributed by atoms with van der Waals surface area (Å²) in [6, 6.07) is 8.55. The van der Waals surface area contributed by atoms with Gasteiger partial charge in [-0.25, -0.2) is 4.79 Å². The number of hydrogen-bond donors (Lipinski definition) is 1. The molecular weight excluding hydrogens is 438 g/mol. The molecule has 4 rings (SSSR count). The Balaban J connectivity index is 1.50. The van der Waals surface area contributed by atoms with Crippen molar-refractivity contribution in [2.45, 2.75) is 32.4 Å². The first kappa shape index (κ1) is 23.7. The number of hydrogen-bond acceptors (Lipinski definition) is 6. The number of aromatic nitrogens is 2. The average molecular weight is 470 g/mol. The Morgan fingerprint density at radius 3 is 2.56 bits per heavy atom. The van der Waals surface area contributed by atoms with Crippen LogP contribution in [0.15, 0.2) is 30.3 Å². The van der Waals surface area contributed by atoms with Crippen molar-refractivity contribution in [1.29, 1.82) is 0 Å². The first-order valence-electron chi connectivity index (χ1n) is 11.7. The van der Waals surface area contributed by atoms with Crippen LogP contribution in [0.25, 0.3) is 0 Å². The number of aryl methyl sites for hydroxylation is 1. The molecule has 1 N–H and O–H groups in total. The minimum atomic E-state index is -0.516. The molecule has 34 heavy (non-hydrogen) atoms. The molecule has 1 aromatic carbocycles. The van der Waals surface area contributed by atoms with E-state index in [1.807, 2.05) is 37.4 Å². The highest BCUT2D eigenvalue weighted by atomic mass is 16.5. The number of fused-ring (bicyclic) bond motifs is 1. The van der Waals surface area contributed by atoms with E-state index < -0.39 is 6.04 Å². The lowest BCUT2D eigenvalue weighted by atomic mass is 10.0. The zero-order valence-electron chi connectivity index (χ0n) is 19.7. The van der Waals surface area contributed by atoms with Gasteiger partial charge in [-0.15, -0.1) is 0 Å². The van der Waals surface area contributed by atoms with Crippen molar-refractivity contribution >= 4 is 17.9 Å². The summed E-state index contributed by atoms with van der Waals surface area (Å²) in [5.41, 5.74) is 2.96. The second-order valence-corrected chi connectivity index (χ2v) is 8.40. The molecule has 3 heterocycles. The van der Waals surface area contributed by atoms with Gasteiger partial charge < -0.3 is 24.6 Å². The monoisotopic (exact) mass is 469 g/mol. The Hall–Kier alpha value is -3.40. The van der Waals surface area contributed by atoms with E-state index in [2.05, 4.69) is 10.4 Å². The molecule has 0 unspecified atom stereocenters. The quantitative estimate of drug-likeness (QED) is 0.645. The van der Waals surface area contributed by atoms with Crippen LogP contribution >= 0.6 is 0 Å². The highest BCUT2D eigenvalue weighted by Crippen LogP contribution is 2.25. The molecular formula is C24H31N5O5. The number of benzene rings is 1. The fourth-order valence-corrected chi connectivity index (χ4v) is 4.42. The molecule has 0 bridgehead atoms. The predicted molar refractivity (Wildman–Crippen MR) is 123 cm³/mol. The van der Waals surface area contributed by atoms with Crippen molar-refractivity contribution in [1.82, 2.24) is 24.9 Å². The van der Waals surface area contributed by atoms with Crippen LogP contribution in [-0.2, 0) is 34.3 Å². The molecule has 10 nitrogen and oxygen atoms in total. The first-order valence-corrected chi connectivity index (χ1v) is 11.7. The molecule has 0 saturated carbocycles. The van der Waals surface area contributed by atoms with Crippen molar-refractivity contribution in [2.75, 3.05) is 39.5 Å². The van der Waals surface area contributed by atoms with Gasteiger partial charge in [-0.3, -0.25) is 14.3 Å². The molecule has 1 aromatic heterocycles. The van der Waals surface area contributed by atoms with E-state index in [9.17, 15) is 14.4 Å². The molecule has 10 heteroatoms. The summed E-state index contributed by atoms with van der Waals surface area (Å²) in [6.45, 7) is 4.88. The summed E-state index contributed by atoms with van der Waals surface area (Å²) >= 11 is 0. The molecule has 2 aromatic rings. The number of carbonyl (C=O) groups is 3. The maximum atomic E-state index is 13.2.